The lowest BCUT2D eigenvalue weighted by Crippen LogP contribution is -2.12. The molecule has 2 heteroatoms. The minimum Gasteiger partial charge on any atom is -0.301 e. The van der Waals surface area contributed by atoms with Crippen LogP contribution in [0.4, 0.5) is 0 Å². The minimum absolute atomic E-state index is 0.0231. The van der Waals surface area contributed by atoms with Crippen LogP contribution in [0.15, 0.2) is 0 Å². The zero-order valence-corrected chi connectivity index (χ0v) is 4.68. The van der Waals surface area contributed by atoms with Gasteiger partial charge in [-0.25, -0.2) is 5.90 Å². The molecule has 0 bridgehead atoms. The molecule has 2 nitrogen and oxygen atoms in total. The standard InChI is InChI=1S/C5H12NO/c1-3-4-5(2)7-6/h5H,2-4,6H2,1H3. The van der Waals surface area contributed by atoms with Gasteiger partial charge in [-0.3, -0.25) is 0 Å². The highest BCUT2D eigenvalue weighted by molar-refractivity contribution is 4.55. The number of rotatable bonds is 3. The first-order valence-corrected chi connectivity index (χ1v) is 2.50. The average molecular weight is 102 g/mol. The van der Waals surface area contributed by atoms with Crippen LogP contribution in [0.25, 0.3) is 0 Å². The molecule has 0 amide bonds. The van der Waals surface area contributed by atoms with Crippen LogP contribution < -0.4 is 5.90 Å². The first-order chi connectivity index (χ1) is 3.31. The molecular formula is C5H12NO. The fourth-order valence-corrected chi connectivity index (χ4v) is 0.390. The molecule has 0 aromatic carbocycles. The van der Waals surface area contributed by atoms with Crippen molar-refractivity contribution in [3.05, 3.63) is 6.92 Å². The Balaban J connectivity index is 2.83. The van der Waals surface area contributed by atoms with Crippen LogP contribution in [-0.2, 0) is 4.84 Å². The second kappa shape index (κ2) is 4.09. The molecule has 0 aromatic rings. The summed E-state index contributed by atoms with van der Waals surface area (Å²) in [6.45, 7) is 5.67. The van der Waals surface area contributed by atoms with Gasteiger partial charge < -0.3 is 4.84 Å². The second-order valence-corrected chi connectivity index (χ2v) is 1.55. The van der Waals surface area contributed by atoms with Gasteiger partial charge in [-0.2, -0.15) is 0 Å². The molecule has 0 saturated carbocycles. The van der Waals surface area contributed by atoms with E-state index in [1.54, 1.807) is 0 Å². The predicted octanol–water partition coefficient (Wildman–Crippen LogP) is 0.879. The van der Waals surface area contributed by atoms with Crippen molar-refractivity contribution in [1.29, 1.82) is 0 Å². The normalized spacial score (nSPS) is 14.1. The molecular weight excluding hydrogens is 90.1 g/mol. The van der Waals surface area contributed by atoms with Gasteiger partial charge in [0.1, 0.15) is 0 Å². The molecule has 1 unspecified atom stereocenters. The lowest BCUT2D eigenvalue weighted by atomic mass is 10.2. The molecule has 0 aliphatic carbocycles. The summed E-state index contributed by atoms with van der Waals surface area (Å²) in [5, 5.41) is 0. The summed E-state index contributed by atoms with van der Waals surface area (Å²) in [5.74, 6) is 4.80. The topological polar surface area (TPSA) is 35.2 Å². The maximum absolute atomic E-state index is 4.80. The molecule has 43 valence electrons. The van der Waals surface area contributed by atoms with Gasteiger partial charge in [-0.1, -0.05) is 13.3 Å². The summed E-state index contributed by atoms with van der Waals surface area (Å²) in [4.78, 5) is 4.38. The molecule has 0 rings (SSSR count). The Morgan fingerprint density at radius 2 is 2.43 bits per heavy atom. The van der Waals surface area contributed by atoms with Crippen LogP contribution in [0.3, 0.4) is 0 Å². The first kappa shape index (κ1) is 6.92. The number of hydrogen-bond donors (Lipinski definition) is 1. The predicted molar refractivity (Wildman–Crippen MR) is 29.3 cm³/mol. The summed E-state index contributed by atoms with van der Waals surface area (Å²) in [5.41, 5.74) is 0. The van der Waals surface area contributed by atoms with Crippen molar-refractivity contribution in [2.45, 2.75) is 25.9 Å². The zero-order valence-electron chi connectivity index (χ0n) is 4.68. The van der Waals surface area contributed by atoms with Crippen LogP contribution in [0, 0.1) is 6.92 Å². The fourth-order valence-electron chi connectivity index (χ4n) is 0.390. The van der Waals surface area contributed by atoms with Crippen LogP contribution in [0.5, 0.6) is 0 Å². The van der Waals surface area contributed by atoms with Crippen LogP contribution in [0.1, 0.15) is 19.8 Å². The number of hydrogen-bond acceptors (Lipinski definition) is 2. The van der Waals surface area contributed by atoms with E-state index in [-0.39, 0.29) is 6.10 Å². The lowest BCUT2D eigenvalue weighted by Gasteiger charge is -2.03. The second-order valence-electron chi connectivity index (χ2n) is 1.55. The Morgan fingerprint density at radius 1 is 1.86 bits per heavy atom. The summed E-state index contributed by atoms with van der Waals surface area (Å²) < 4.78 is 0. The average Bonchev–Trinajstić information content (AvgIpc) is 1.68. The van der Waals surface area contributed by atoms with Crippen molar-refractivity contribution in [3.63, 3.8) is 0 Å². The highest BCUT2D eigenvalue weighted by Crippen LogP contribution is 1.94. The summed E-state index contributed by atoms with van der Waals surface area (Å²) in [6.07, 6.45) is 1.99. The third-order valence-electron chi connectivity index (χ3n) is 0.803. The van der Waals surface area contributed by atoms with Crippen molar-refractivity contribution in [2.75, 3.05) is 0 Å². The van der Waals surface area contributed by atoms with Gasteiger partial charge in [0.25, 0.3) is 0 Å². The van der Waals surface area contributed by atoms with E-state index >= 15 is 0 Å². The van der Waals surface area contributed by atoms with Crippen LogP contribution in [0.2, 0.25) is 0 Å². The SMILES string of the molecule is [CH2]C(CCC)ON. The van der Waals surface area contributed by atoms with E-state index < -0.39 is 0 Å². The maximum Gasteiger partial charge on any atom is 0.0788 e. The molecule has 2 N–H and O–H groups in total. The van der Waals surface area contributed by atoms with E-state index in [1.165, 1.54) is 0 Å². The van der Waals surface area contributed by atoms with Crippen LogP contribution in [-0.4, -0.2) is 6.10 Å². The van der Waals surface area contributed by atoms with Crippen LogP contribution >= 0.6 is 0 Å². The van der Waals surface area contributed by atoms with Crippen molar-refractivity contribution >= 4 is 0 Å². The monoisotopic (exact) mass is 102 g/mol. The van der Waals surface area contributed by atoms with E-state index in [9.17, 15) is 0 Å². The zero-order chi connectivity index (χ0) is 5.70. The Bertz CT molecular complexity index is 39.1. The molecule has 0 aliphatic rings. The first-order valence-electron chi connectivity index (χ1n) is 2.50. The molecule has 0 spiro atoms. The van der Waals surface area contributed by atoms with Gasteiger partial charge in [0.05, 0.1) is 6.10 Å². The molecule has 0 fully saturated rings. The van der Waals surface area contributed by atoms with E-state index in [0.717, 1.165) is 12.8 Å². The lowest BCUT2D eigenvalue weighted by molar-refractivity contribution is 0.0782. The Hall–Kier alpha value is -0.0800. The molecule has 1 radical (unpaired) electrons. The Kier molecular flexibility index (Phi) is 4.04. The fraction of sp³-hybridized carbons (Fsp3) is 0.800. The summed E-state index contributed by atoms with van der Waals surface area (Å²) in [6, 6.07) is 0. The third kappa shape index (κ3) is 3.76. The molecule has 7 heavy (non-hydrogen) atoms. The molecule has 0 aliphatic heterocycles. The quantitative estimate of drug-likeness (QED) is 0.537. The van der Waals surface area contributed by atoms with Gasteiger partial charge in [0, 0.05) is 0 Å². The van der Waals surface area contributed by atoms with Crippen molar-refractivity contribution in [1.82, 2.24) is 0 Å². The van der Waals surface area contributed by atoms with Gasteiger partial charge in [0.15, 0.2) is 0 Å². The number of nitrogens with two attached hydrogens (primary N) is 1. The van der Waals surface area contributed by atoms with E-state index in [4.69, 9.17) is 5.90 Å². The smallest absolute Gasteiger partial charge is 0.0788 e. The molecule has 0 aromatic heterocycles. The van der Waals surface area contributed by atoms with Crippen molar-refractivity contribution < 1.29 is 4.84 Å². The van der Waals surface area contributed by atoms with Gasteiger partial charge in [-0.05, 0) is 13.3 Å². The summed E-state index contributed by atoms with van der Waals surface area (Å²) in [7, 11) is 0. The maximum atomic E-state index is 4.80. The van der Waals surface area contributed by atoms with Crippen molar-refractivity contribution in [3.8, 4) is 0 Å². The van der Waals surface area contributed by atoms with Gasteiger partial charge >= 0.3 is 0 Å². The van der Waals surface area contributed by atoms with Gasteiger partial charge in [-0.15, -0.1) is 0 Å². The Morgan fingerprint density at radius 3 is 2.57 bits per heavy atom. The summed E-state index contributed by atoms with van der Waals surface area (Å²) >= 11 is 0. The Labute approximate surface area is 44.6 Å². The molecule has 0 heterocycles. The minimum atomic E-state index is -0.0231. The van der Waals surface area contributed by atoms with Crippen molar-refractivity contribution in [2.24, 2.45) is 5.90 Å². The third-order valence-corrected chi connectivity index (χ3v) is 0.803. The highest BCUT2D eigenvalue weighted by Gasteiger charge is 1.94. The largest absolute Gasteiger partial charge is 0.301 e. The van der Waals surface area contributed by atoms with Gasteiger partial charge in [0.2, 0.25) is 0 Å². The molecule has 0 saturated heterocycles. The highest BCUT2D eigenvalue weighted by atomic mass is 16.6. The van der Waals surface area contributed by atoms with E-state index in [2.05, 4.69) is 18.7 Å². The van der Waals surface area contributed by atoms with E-state index in [0.29, 0.717) is 0 Å². The molecule has 1 atom stereocenters. The van der Waals surface area contributed by atoms with E-state index in [1.807, 2.05) is 0 Å².